The van der Waals surface area contributed by atoms with Crippen LogP contribution < -0.4 is 10.2 Å². The number of carbonyl (C=O) groups is 1. The van der Waals surface area contributed by atoms with E-state index in [1.165, 1.54) is 0 Å². The fourth-order valence-corrected chi connectivity index (χ4v) is 4.74. The number of carbonyl (C=O) groups excluding carboxylic acids is 1. The molecule has 6 rings (SSSR count). The Morgan fingerprint density at radius 2 is 1.53 bits per heavy atom. The van der Waals surface area contributed by atoms with Gasteiger partial charge in [0.2, 0.25) is 0 Å². The van der Waals surface area contributed by atoms with Gasteiger partial charge in [-0.25, -0.2) is 4.68 Å². The summed E-state index contributed by atoms with van der Waals surface area (Å²) < 4.78 is 3.96. The van der Waals surface area contributed by atoms with Gasteiger partial charge in [-0.3, -0.25) is 4.79 Å². The highest BCUT2D eigenvalue weighted by atomic mass is 16.3. The molecule has 1 aliphatic heterocycles. The zero-order chi connectivity index (χ0) is 24.5. The Kier molecular flexibility index (Phi) is 5.75. The summed E-state index contributed by atoms with van der Waals surface area (Å²) in [4.78, 5) is 15.1. The average molecular weight is 478 g/mol. The number of hydrogen-bond donors (Lipinski definition) is 2. The molecule has 36 heavy (non-hydrogen) atoms. The molecule has 0 unspecified atom stereocenters. The molecule has 0 radical (unpaired) electrons. The first kappa shape index (κ1) is 22.1. The van der Waals surface area contributed by atoms with Crippen molar-refractivity contribution >= 4 is 28.2 Å². The molecule has 0 spiro atoms. The summed E-state index contributed by atoms with van der Waals surface area (Å²) in [6, 6.07) is 25.7. The van der Waals surface area contributed by atoms with Crippen molar-refractivity contribution in [2.75, 3.05) is 23.3 Å². The number of nitrogens with zero attached hydrogens (tertiary/aromatic N) is 4. The lowest BCUT2D eigenvalue weighted by Crippen LogP contribution is -2.35. The van der Waals surface area contributed by atoms with E-state index in [1.54, 1.807) is 0 Å². The van der Waals surface area contributed by atoms with Crippen molar-refractivity contribution in [2.24, 2.45) is 0 Å². The van der Waals surface area contributed by atoms with Gasteiger partial charge < -0.3 is 19.9 Å². The largest absolute Gasteiger partial charge is 0.393 e. The van der Waals surface area contributed by atoms with E-state index in [1.807, 2.05) is 90.0 Å². The number of rotatable bonds is 5. The van der Waals surface area contributed by atoms with Crippen molar-refractivity contribution in [1.29, 1.82) is 0 Å². The molecule has 2 N–H and O–H groups in total. The Hall–Kier alpha value is -4.36. The number of fused-ring (bicyclic) bond motifs is 1. The predicted molar refractivity (Wildman–Crippen MR) is 142 cm³/mol. The fraction of sp³-hybridized carbons (Fsp3) is 0.172. The van der Waals surface area contributed by atoms with Gasteiger partial charge in [0.25, 0.3) is 5.91 Å². The molecular formula is C29H27N5O2. The standard InChI is InChI=1S/C29H27N5O2/c35-27-13-17-33(18-14-27)24-6-3-21(4-7-24)29(36)31-23-5-12-28-22(19-23)20-30-34(28)26-10-8-25(9-11-26)32-15-1-2-16-32/h1-12,15-16,19-20,27,35H,13-14,17-18H2,(H,31,36). The van der Waals surface area contributed by atoms with E-state index in [-0.39, 0.29) is 12.0 Å². The maximum Gasteiger partial charge on any atom is 0.255 e. The molecule has 2 aromatic heterocycles. The molecule has 7 nitrogen and oxygen atoms in total. The minimum atomic E-state index is -0.202. The third kappa shape index (κ3) is 4.36. The van der Waals surface area contributed by atoms with E-state index >= 15 is 0 Å². The van der Waals surface area contributed by atoms with Crippen LogP contribution in [0, 0.1) is 0 Å². The second kappa shape index (κ2) is 9.36. The van der Waals surface area contributed by atoms with Crippen LogP contribution in [0.4, 0.5) is 11.4 Å². The molecule has 180 valence electrons. The molecule has 1 fully saturated rings. The van der Waals surface area contributed by atoms with Crippen molar-refractivity contribution in [1.82, 2.24) is 14.3 Å². The highest BCUT2D eigenvalue weighted by Gasteiger charge is 2.17. The number of amides is 1. The molecule has 5 aromatic rings. The Morgan fingerprint density at radius 3 is 2.25 bits per heavy atom. The van der Waals surface area contributed by atoms with E-state index in [0.29, 0.717) is 5.56 Å². The molecule has 0 atom stereocenters. The smallest absolute Gasteiger partial charge is 0.255 e. The van der Waals surface area contributed by atoms with Crippen molar-refractivity contribution in [3.63, 3.8) is 0 Å². The molecule has 0 aliphatic carbocycles. The van der Waals surface area contributed by atoms with E-state index < -0.39 is 0 Å². The number of aromatic nitrogens is 3. The first-order chi connectivity index (χ1) is 17.6. The number of aliphatic hydroxyl groups excluding tert-OH is 1. The summed E-state index contributed by atoms with van der Waals surface area (Å²) in [5.74, 6) is -0.150. The van der Waals surface area contributed by atoms with Crippen molar-refractivity contribution in [2.45, 2.75) is 18.9 Å². The summed E-state index contributed by atoms with van der Waals surface area (Å²) in [5.41, 5.74) is 5.44. The molecule has 1 saturated heterocycles. The molecule has 0 bridgehead atoms. The zero-order valence-electron chi connectivity index (χ0n) is 19.8. The minimum absolute atomic E-state index is 0.150. The lowest BCUT2D eigenvalue weighted by atomic mass is 10.1. The Balaban J connectivity index is 1.16. The van der Waals surface area contributed by atoms with Crippen LogP contribution in [0.2, 0.25) is 0 Å². The molecule has 3 aromatic carbocycles. The number of piperidine rings is 1. The number of nitrogens with one attached hydrogen (secondary N) is 1. The summed E-state index contributed by atoms with van der Waals surface area (Å²) in [7, 11) is 0. The summed E-state index contributed by atoms with van der Waals surface area (Å²) >= 11 is 0. The van der Waals surface area contributed by atoms with Gasteiger partial charge in [0.15, 0.2) is 0 Å². The predicted octanol–water partition coefficient (Wildman–Crippen LogP) is 5.03. The van der Waals surface area contributed by atoms with Crippen LogP contribution in [0.1, 0.15) is 23.2 Å². The van der Waals surface area contributed by atoms with Gasteiger partial charge in [-0.05, 0) is 91.7 Å². The fourth-order valence-electron chi connectivity index (χ4n) is 4.74. The molecule has 1 amide bonds. The molecule has 0 saturated carbocycles. The van der Waals surface area contributed by atoms with Crippen LogP contribution in [-0.4, -0.2) is 44.6 Å². The first-order valence-corrected chi connectivity index (χ1v) is 12.2. The Bertz CT molecular complexity index is 1480. The van der Waals surface area contributed by atoms with E-state index in [4.69, 9.17) is 0 Å². The maximum absolute atomic E-state index is 12.9. The summed E-state index contributed by atoms with van der Waals surface area (Å²) in [5, 5.41) is 18.2. The third-order valence-electron chi connectivity index (χ3n) is 6.78. The van der Waals surface area contributed by atoms with Crippen molar-refractivity contribution in [3.05, 3.63) is 103 Å². The molecule has 3 heterocycles. The average Bonchev–Trinajstić information content (AvgIpc) is 3.60. The lowest BCUT2D eigenvalue weighted by Gasteiger charge is -2.31. The molecule has 1 aliphatic rings. The molecular weight excluding hydrogens is 450 g/mol. The highest BCUT2D eigenvalue weighted by molar-refractivity contribution is 6.05. The van der Waals surface area contributed by atoms with Gasteiger partial charge in [0, 0.05) is 53.5 Å². The van der Waals surface area contributed by atoms with Crippen LogP contribution in [0.5, 0.6) is 0 Å². The number of hydrogen-bond acceptors (Lipinski definition) is 4. The zero-order valence-corrected chi connectivity index (χ0v) is 19.8. The summed E-state index contributed by atoms with van der Waals surface area (Å²) in [6.45, 7) is 1.66. The van der Waals surface area contributed by atoms with Crippen LogP contribution in [0.25, 0.3) is 22.3 Å². The Morgan fingerprint density at radius 1 is 0.861 bits per heavy atom. The number of aliphatic hydroxyl groups is 1. The number of benzene rings is 3. The SMILES string of the molecule is O=C(Nc1ccc2c(cnn2-c2ccc(-n3cccc3)cc2)c1)c1ccc(N2CCC(O)CC2)cc1. The normalized spacial score (nSPS) is 14.3. The first-order valence-electron chi connectivity index (χ1n) is 12.2. The lowest BCUT2D eigenvalue weighted by molar-refractivity contribution is 0.102. The van der Waals surface area contributed by atoms with Crippen LogP contribution in [-0.2, 0) is 0 Å². The van der Waals surface area contributed by atoms with Crippen LogP contribution in [0.3, 0.4) is 0 Å². The number of anilines is 2. The van der Waals surface area contributed by atoms with Crippen molar-refractivity contribution < 1.29 is 9.90 Å². The van der Waals surface area contributed by atoms with Crippen molar-refractivity contribution in [3.8, 4) is 11.4 Å². The van der Waals surface area contributed by atoms with E-state index in [9.17, 15) is 9.90 Å². The highest BCUT2D eigenvalue weighted by Crippen LogP contribution is 2.24. The van der Waals surface area contributed by atoms with E-state index in [0.717, 1.165) is 59.6 Å². The second-order valence-electron chi connectivity index (χ2n) is 9.16. The topological polar surface area (TPSA) is 75.3 Å². The minimum Gasteiger partial charge on any atom is -0.393 e. The Labute approximate surface area is 209 Å². The van der Waals surface area contributed by atoms with Crippen LogP contribution >= 0.6 is 0 Å². The monoisotopic (exact) mass is 477 g/mol. The van der Waals surface area contributed by atoms with E-state index in [2.05, 4.69) is 32.0 Å². The quantitative estimate of drug-likeness (QED) is 0.372. The van der Waals surface area contributed by atoms with Crippen LogP contribution in [0.15, 0.2) is 97.5 Å². The van der Waals surface area contributed by atoms with Gasteiger partial charge in [-0.2, -0.15) is 5.10 Å². The third-order valence-corrected chi connectivity index (χ3v) is 6.78. The second-order valence-corrected chi connectivity index (χ2v) is 9.16. The summed E-state index contributed by atoms with van der Waals surface area (Å²) in [6.07, 6.45) is 7.20. The van der Waals surface area contributed by atoms with Gasteiger partial charge in [-0.1, -0.05) is 0 Å². The van der Waals surface area contributed by atoms with Gasteiger partial charge in [0.05, 0.1) is 23.5 Å². The van der Waals surface area contributed by atoms with Gasteiger partial charge in [0.1, 0.15) is 0 Å². The molecule has 7 heteroatoms. The van der Waals surface area contributed by atoms with Gasteiger partial charge in [-0.15, -0.1) is 0 Å². The maximum atomic E-state index is 12.9. The van der Waals surface area contributed by atoms with Gasteiger partial charge >= 0.3 is 0 Å².